The molecule has 5 aromatic carbocycles. The third-order valence-electron chi connectivity index (χ3n) is 7.48. The summed E-state index contributed by atoms with van der Waals surface area (Å²) >= 11 is 0. The van der Waals surface area contributed by atoms with Crippen LogP contribution in [0.4, 0.5) is 10.1 Å². The lowest BCUT2D eigenvalue weighted by molar-refractivity contribution is 0.0993. The Kier molecular flexibility index (Phi) is 5.90. The van der Waals surface area contributed by atoms with Crippen LogP contribution in [0.25, 0.3) is 22.2 Å². The van der Waals surface area contributed by atoms with Crippen molar-refractivity contribution in [2.75, 3.05) is 4.90 Å². The van der Waals surface area contributed by atoms with Crippen molar-refractivity contribution in [3.8, 4) is 17.0 Å². The van der Waals surface area contributed by atoms with E-state index in [9.17, 15) is 9.18 Å². The van der Waals surface area contributed by atoms with Crippen molar-refractivity contribution in [1.82, 2.24) is 4.98 Å². The van der Waals surface area contributed by atoms with Gasteiger partial charge in [0.15, 0.2) is 0 Å². The van der Waals surface area contributed by atoms with Gasteiger partial charge < -0.3 is 9.72 Å². The summed E-state index contributed by atoms with van der Waals surface area (Å²) in [5, 5.41) is 1.02. The number of hydrogen-bond acceptors (Lipinski definition) is 2. The molecule has 1 N–H and O–H groups in total. The van der Waals surface area contributed by atoms with Crippen molar-refractivity contribution >= 4 is 22.5 Å². The zero-order chi connectivity index (χ0) is 27.1. The Labute approximate surface area is 231 Å². The number of ether oxygens (including phenoxy) is 1. The molecule has 0 spiro atoms. The van der Waals surface area contributed by atoms with Crippen molar-refractivity contribution in [3.05, 3.63) is 155 Å². The molecule has 4 nitrogen and oxygen atoms in total. The molecule has 1 aromatic heterocycles. The van der Waals surface area contributed by atoms with E-state index in [1.807, 2.05) is 102 Å². The molecule has 0 bridgehead atoms. The summed E-state index contributed by atoms with van der Waals surface area (Å²) in [6.45, 7) is 0.466. The lowest BCUT2D eigenvalue weighted by atomic mass is 9.93. The van der Waals surface area contributed by atoms with Gasteiger partial charge in [0, 0.05) is 27.7 Å². The second-order valence-electron chi connectivity index (χ2n) is 9.90. The van der Waals surface area contributed by atoms with E-state index >= 15 is 0 Å². The van der Waals surface area contributed by atoms with Gasteiger partial charge in [-0.05, 0) is 77.4 Å². The first-order valence-electron chi connectivity index (χ1n) is 13.2. The number of carbonyl (C=O) groups excluding carboxylic acids is 1. The third kappa shape index (κ3) is 4.12. The maximum atomic E-state index is 14.0. The lowest BCUT2D eigenvalue weighted by Gasteiger charge is -2.27. The number of nitrogens with zero attached hydrogens (tertiary/aromatic N) is 1. The number of anilines is 1. The fraction of sp³-hybridized carbons (Fsp3) is 0.0571. The number of amides is 1. The monoisotopic (exact) mass is 524 g/mol. The van der Waals surface area contributed by atoms with Crippen LogP contribution in [0.2, 0.25) is 0 Å². The molecule has 7 rings (SSSR count). The van der Waals surface area contributed by atoms with Gasteiger partial charge in [0.25, 0.3) is 5.91 Å². The first kappa shape index (κ1) is 23.9. The number of fused-ring (bicyclic) bond motifs is 2. The molecule has 1 atom stereocenters. The van der Waals surface area contributed by atoms with Crippen LogP contribution in [0.5, 0.6) is 5.75 Å². The molecule has 0 saturated carbocycles. The maximum Gasteiger partial charge on any atom is 0.259 e. The maximum absolute atomic E-state index is 14.0. The fourth-order valence-electron chi connectivity index (χ4n) is 5.60. The highest BCUT2D eigenvalue weighted by atomic mass is 19.1. The number of nitrogens with one attached hydrogen (secondary N) is 1. The number of H-pyrrole nitrogens is 1. The topological polar surface area (TPSA) is 45.3 Å². The molecule has 5 heteroatoms. The summed E-state index contributed by atoms with van der Waals surface area (Å²) in [4.78, 5) is 19.4. The minimum absolute atomic E-state index is 0.0612. The van der Waals surface area contributed by atoms with Gasteiger partial charge in [-0.1, -0.05) is 66.7 Å². The van der Waals surface area contributed by atoms with E-state index in [0.717, 1.165) is 50.3 Å². The standard InChI is InChI=1S/C35H25FN2O2/c36-25-16-14-24(15-17-25)33-32(30-12-6-7-13-31(30)37-33)34-28-10-4-5-11-29(28)35(39)38(34)26-18-20-27(21-19-26)40-22-23-8-2-1-3-9-23/h1-21,34,37H,22H2/t34-/m0/s1. The summed E-state index contributed by atoms with van der Waals surface area (Å²) in [7, 11) is 0. The largest absolute Gasteiger partial charge is 0.489 e. The molecular formula is C35H25FN2O2. The highest BCUT2D eigenvalue weighted by molar-refractivity contribution is 6.13. The summed E-state index contributed by atoms with van der Waals surface area (Å²) in [5.41, 5.74) is 7.12. The average molecular weight is 525 g/mol. The smallest absolute Gasteiger partial charge is 0.259 e. The molecule has 2 heterocycles. The summed E-state index contributed by atoms with van der Waals surface area (Å²) < 4.78 is 19.9. The molecule has 0 saturated heterocycles. The summed E-state index contributed by atoms with van der Waals surface area (Å²) in [6.07, 6.45) is 0. The number of hydrogen-bond donors (Lipinski definition) is 1. The van der Waals surface area contributed by atoms with Gasteiger partial charge in [-0.2, -0.15) is 0 Å². The minimum atomic E-state index is -0.379. The van der Waals surface area contributed by atoms with Gasteiger partial charge in [0.1, 0.15) is 18.2 Å². The van der Waals surface area contributed by atoms with E-state index < -0.39 is 0 Å². The number of rotatable bonds is 6. The predicted octanol–water partition coefficient (Wildman–Crippen LogP) is 8.30. The van der Waals surface area contributed by atoms with E-state index in [1.54, 1.807) is 12.1 Å². The van der Waals surface area contributed by atoms with E-state index in [0.29, 0.717) is 12.2 Å². The molecule has 40 heavy (non-hydrogen) atoms. The van der Waals surface area contributed by atoms with Gasteiger partial charge in [0.2, 0.25) is 0 Å². The summed E-state index contributed by atoms with van der Waals surface area (Å²) in [5.74, 6) is 0.375. The molecule has 1 amide bonds. The Morgan fingerprint density at radius 2 is 1.45 bits per heavy atom. The van der Waals surface area contributed by atoms with E-state index in [4.69, 9.17) is 4.74 Å². The fourth-order valence-corrected chi connectivity index (χ4v) is 5.60. The Bertz CT molecular complexity index is 1830. The molecule has 194 valence electrons. The number of aromatic nitrogens is 1. The molecule has 1 aliphatic heterocycles. The molecule has 0 radical (unpaired) electrons. The molecule has 1 aliphatic rings. The first-order chi connectivity index (χ1) is 19.7. The number of halogens is 1. The van der Waals surface area contributed by atoms with Gasteiger partial charge in [-0.25, -0.2) is 4.39 Å². The lowest BCUT2D eigenvalue weighted by Crippen LogP contribution is -2.28. The van der Waals surface area contributed by atoms with E-state index in [1.165, 1.54) is 12.1 Å². The second-order valence-corrected chi connectivity index (χ2v) is 9.90. The Morgan fingerprint density at radius 3 is 2.25 bits per heavy atom. The third-order valence-corrected chi connectivity index (χ3v) is 7.48. The van der Waals surface area contributed by atoms with Crippen molar-refractivity contribution in [1.29, 1.82) is 0 Å². The van der Waals surface area contributed by atoms with Crippen LogP contribution >= 0.6 is 0 Å². The number of carbonyl (C=O) groups is 1. The van der Waals surface area contributed by atoms with Crippen molar-refractivity contribution in [2.24, 2.45) is 0 Å². The van der Waals surface area contributed by atoms with Gasteiger partial charge in [-0.15, -0.1) is 0 Å². The normalized spacial score (nSPS) is 14.5. The molecule has 0 aliphatic carbocycles. The molecule has 0 unspecified atom stereocenters. The quantitative estimate of drug-likeness (QED) is 0.238. The highest BCUT2D eigenvalue weighted by Gasteiger charge is 2.41. The number of benzene rings is 5. The number of aromatic amines is 1. The van der Waals surface area contributed by atoms with Crippen LogP contribution in [0, 0.1) is 5.82 Å². The first-order valence-corrected chi connectivity index (χ1v) is 13.2. The number of para-hydroxylation sites is 1. The van der Waals surface area contributed by atoms with Crippen molar-refractivity contribution < 1.29 is 13.9 Å². The van der Waals surface area contributed by atoms with Crippen molar-refractivity contribution in [2.45, 2.75) is 12.6 Å². The zero-order valence-electron chi connectivity index (χ0n) is 21.6. The van der Waals surface area contributed by atoms with Gasteiger partial charge >= 0.3 is 0 Å². The highest BCUT2D eigenvalue weighted by Crippen LogP contribution is 2.47. The van der Waals surface area contributed by atoms with Crippen LogP contribution in [-0.4, -0.2) is 10.9 Å². The van der Waals surface area contributed by atoms with Crippen LogP contribution in [-0.2, 0) is 6.61 Å². The Morgan fingerprint density at radius 1 is 0.750 bits per heavy atom. The van der Waals surface area contributed by atoms with Crippen LogP contribution in [0.1, 0.15) is 33.1 Å². The summed E-state index contributed by atoms with van der Waals surface area (Å²) in [6, 6.07) is 39.6. The van der Waals surface area contributed by atoms with Crippen LogP contribution < -0.4 is 9.64 Å². The minimum Gasteiger partial charge on any atom is -0.489 e. The van der Waals surface area contributed by atoms with Gasteiger partial charge in [0.05, 0.1) is 11.7 Å². The molecule has 6 aromatic rings. The van der Waals surface area contributed by atoms with Crippen LogP contribution in [0.3, 0.4) is 0 Å². The van der Waals surface area contributed by atoms with E-state index in [2.05, 4.69) is 11.1 Å². The van der Waals surface area contributed by atoms with Crippen LogP contribution in [0.15, 0.2) is 127 Å². The van der Waals surface area contributed by atoms with Gasteiger partial charge in [-0.3, -0.25) is 9.69 Å². The Balaban J connectivity index is 1.34. The SMILES string of the molecule is O=C1c2ccccc2[C@@H](c2c(-c3ccc(F)cc3)[nH]c3ccccc23)N1c1ccc(OCc2ccccc2)cc1. The predicted molar refractivity (Wildman–Crippen MR) is 156 cm³/mol. The van der Waals surface area contributed by atoms with Crippen molar-refractivity contribution in [3.63, 3.8) is 0 Å². The zero-order valence-corrected chi connectivity index (χ0v) is 21.6. The molecule has 0 fully saturated rings. The Hall–Kier alpha value is -5.16. The van der Waals surface area contributed by atoms with E-state index in [-0.39, 0.29) is 17.8 Å². The second kappa shape index (κ2) is 9.86. The molecular weight excluding hydrogens is 499 g/mol. The average Bonchev–Trinajstić information content (AvgIpc) is 3.52.